The smallest absolute Gasteiger partial charge is 0.143 e. The first kappa shape index (κ1) is 13.0. The number of halogens is 1. The summed E-state index contributed by atoms with van der Waals surface area (Å²) in [6.07, 6.45) is 9.94. The molecule has 4 heteroatoms. The van der Waals surface area contributed by atoms with E-state index in [4.69, 9.17) is 0 Å². The van der Waals surface area contributed by atoms with E-state index in [-0.39, 0.29) is 0 Å². The van der Waals surface area contributed by atoms with Crippen LogP contribution in [0.1, 0.15) is 57.4 Å². The van der Waals surface area contributed by atoms with Gasteiger partial charge in [-0.2, -0.15) is 0 Å². The average molecular weight is 388 g/mol. The van der Waals surface area contributed by atoms with Crippen molar-refractivity contribution in [2.45, 2.75) is 58.8 Å². The summed E-state index contributed by atoms with van der Waals surface area (Å²) < 4.78 is 1.09. The van der Waals surface area contributed by atoms with E-state index in [9.17, 15) is 0 Å². The number of rotatable bonds is 2. The van der Waals surface area contributed by atoms with Crippen molar-refractivity contribution >= 4 is 33.9 Å². The van der Waals surface area contributed by atoms with Crippen molar-refractivity contribution in [1.29, 1.82) is 0 Å². The molecular weight excluding hydrogens is 367 g/mol. The van der Waals surface area contributed by atoms with Crippen molar-refractivity contribution < 1.29 is 0 Å². The summed E-state index contributed by atoms with van der Waals surface area (Å²) in [7, 11) is 0. The Labute approximate surface area is 132 Å². The lowest BCUT2D eigenvalue weighted by Gasteiger charge is -2.65. The highest BCUT2D eigenvalue weighted by Crippen LogP contribution is 2.70. The Balaban J connectivity index is 1.67. The molecule has 4 aliphatic rings. The Hall–Kier alpha value is 0.290. The first-order chi connectivity index (χ1) is 8.88. The fourth-order valence-corrected chi connectivity index (χ4v) is 8.11. The maximum absolute atomic E-state index is 4.40. The van der Waals surface area contributed by atoms with Crippen LogP contribution >= 0.6 is 33.9 Å². The fraction of sp³-hybridized carbons (Fsp3) is 0.867. The molecule has 0 radical (unpaired) electrons. The normalized spacial score (nSPS) is 47.8. The van der Waals surface area contributed by atoms with Gasteiger partial charge in [-0.1, -0.05) is 25.2 Å². The molecule has 4 aliphatic carbocycles. The fourth-order valence-electron chi connectivity index (χ4n) is 6.51. The van der Waals surface area contributed by atoms with Crippen LogP contribution in [0.3, 0.4) is 0 Å². The quantitative estimate of drug-likeness (QED) is 0.688. The van der Waals surface area contributed by atoms with Crippen LogP contribution < -0.4 is 0 Å². The van der Waals surface area contributed by atoms with Gasteiger partial charge < -0.3 is 0 Å². The van der Waals surface area contributed by atoms with Crippen LogP contribution in [0, 0.1) is 25.2 Å². The van der Waals surface area contributed by atoms with Gasteiger partial charge in [0.2, 0.25) is 0 Å². The largest absolute Gasteiger partial charge is 0.178 e. The van der Waals surface area contributed by atoms with E-state index >= 15 is 0 Å². The maximum atomic E-state index is 4.40. The summed E-state index contributed by atoms with van der Waals surface area (Å²) >= 11 is 4.09. The minimum absolute atomic E-state index is 0.547. The average Bonchev–Trinajstić information content (AvgIpc) is 2.56. The maximum Gasteiger partial charge on any atom is 0.178 e. The zero-order chi connectivity index (χ0) is 13.3. The van der Waals surface area contributed by atoms with E-state index < -0.39 is 0 Å². The number of nitrogens with zero attached hydrogens (tertiary/aromatic N) is 2. The van der Waals surface area contributed by atoms with Gasteiger partial charge in [0.1, 0.15) is 5.01 Å². The molecule has 1 aromatic heterocycles. The van der Waals surface area contributed by atoms with E-state index in [0.29, 0.717) is 16.2 Å². The molecule has 4 fully saturated rings. The molecule has 1 heterocycles. The molecule has 5 rings (SSSR count). The van der Waals surface area contributed by atoms with Crippen LogP contribution in [0.5, 0.6) is 0 Å². The third kappa shape index (κ3) is 2.17. The summed E-state index contributed by atoms with van der Waals surface area (Å²) in [6, 6.07) is 0. The zero-order valence-electron chi connectivity index (χ0n) is 11.7. The van der Waals surface area contributed by atoms with Gasteiger partial charge in [-0.3, -0.25) is 0 Å². The topological polar surface area (TPSA) is 25.8 Å². The van der Waals surface area contributed by atoms with E-state index in [1.54, 1.807) is 11.3 Å². The highest BCUT2D eigenvalue weighted by atomic mass is 127. The Kier molecular flexibility index (Phi) is 2.69. The summed E-state index contributed by atoms with van der Waals surface area (Å²) in [5, 5.41) is 9.88. The molecule has 0 saturated heterocycles. The molecule has 0 aliphatic heterocycles. The Morgan fingerprint density at radius 2 is 1.79 bits per heavy atom. The van der Waals surface area contributed by atoms with Gasteiger partial charge in [0.05, 0.1) is 0 Å². The monoisotopic (exact) mass is 388 g/mol. The molecule has 2 unspecified atom stereocenters. The molecular formula is C15H21IN2S. The van der Waals surface area contributed by atoms with Crippen molar-refractivity contribution in [1.82, 2.24) is 10.2 Å². The molecule has 2 nitrogen and oxygen atoms in total. The van der Waals surface area contributed by atoms with E-state index in [2.05, 4.69) is 46.6 Å². The minimum atomic E-state index is 0.547. The highest BCUT2D eigenvalue weighted by molar-refractivity contribution is 14.1. The van der Waals surface area contributed by atoms with Gasteiger partial charge in [0.25, 0.3) is 0 Å². The van der Waals surface area contributed by atoms with Gasteiger partial charge >= 0.3 is 0 Å². The second kappa shape index (κ2) is 3.93. The second-order valence-corrected chi connectivity index (χ2v) is 11.1. The Bertz CT molecular complexity index is 508. The van der Waals surface area contributed by atoms with Crippen LogP contribution in [0.4, 0.5) is 0 Å². The van der Waals surface area contributed by atoms with Crippen molar-refractivity contribution in [2.24, 2.45) is 22.2 Å². The lowest BCUT2D eigenvalue weighted by atomic mass is 9.40. The third-order valence-corrected chi connectivity index (χ3v) is 7.30. The van der Waals surface area contributed by atoms with Crippen LogP contribution in [-0.4, -0.2) is 10.2 Å². The molecule has 4 saturated carbocycles. The van der Waals surface area contributed by atoms with Crippen LogP contribution in [0.2, 0.25) is 0 Å². The Morgan fingerprint density at radius 3 is 2.32 bits per heavy atom. The molecule has 0 N–H and O–H groups in total. The third-order valence-electron chi connectivity index (χ3n) is 5.71. The summed E-state index contributed by atoms with van der Waals surface area (Å²) in [4.78, 5) is 0. The number of hydrogen-bond acceptors (Lipinski definition) is 3. The van der Waals surface area contributed by atoms with Crippen molar-refractivity contribution in [3.05, 3.63) is 8.02 Å². The van der Waals surface area contributed by atoms with Crippen molar-refractivity contribution in [2.75, 3.05) is 0 Å². The second-order valence-electron chi connectivity index (χ2n) is 8.26. The molecule has 0 amide bonds. The number of aromatic nitrogens is 2. The lowest BCUT2D eigenvalue weighted by molar-refractivity contribution is -0.144. The van der Waals surface area contributed by atoms with Gasteiger partial charge in [-0.15, -0.1) is 10.2 Å². The molecule has 4 bridgehead atoms. The van der Waals surface area contributed by atoms with E-state index in [1.807, 2.05) is 0 Å². The molecule has 1 aromatic rings. The van der Waals surface area contributed by atoms with Crippen molar-refractivity contribution in [3.8, 4) is 0 Å². The first-order valence-corrected chi connectivity index (χ1v) is 9.25. The predicted molar refractivity (Wildman–Crippen MR) is 86.2 cm³/mol. The molecule has 19 heavy (non-hydrogen) atoms. The van der Waals surface area contributed by atoms with Gasteiger partial charge in [-0.05, 0) is 83.3 Å². The summed E-state index contributed by atoms with van der Waals surface area (Å²) in [5.41, 5.74) is 1.78. The number of hydrogen-bond donors (Lipinski definition) is 0. The predicted octanol–water partition coefficient (Wildman–Crippen LogP) is 4.68. The Morgan fingerprint density at radius 1 is 1.11 bits per heavy atom. The van der Waals surface area contributed by atoms with Gasteiger partial charge in [0, 0.05) is 6.42 Å². The molecule has 0 aromatic carbocycles. The lowest BCUT2D eigenvalue weighted by Crippen LogP contribution is -2.55. The summed E-state index contributed by atoms with van der Waals surface area (Å²) in [6.45, 7) is 5.10. The molecule has 104 valence electrons. The summed E-state index contributed by atoms with van der Waals surface area (Å²) in [5.74, 6) is 0.984. The minimum Gasteiger partial charge on any atom is -0.143 e. The first-order valence-electron chi connectivity index (χ1n) is 7.36. The van der Waals surface area contributed by atoms with Crippen LogP contribution in [0.15, 0.2) is 0 Å². The standard InChI is InChI=1S/C15H21IN2S/c1-13-3-10-4-14(2,7-13)9-15(5-10,8-13)6-11-17-18-12(16)19-11/h10H,3-9H2,1-2H3. The van der Waals surface area contributed by atoms with Crippen LogP contribution in [-0.2, 0) is 6.42 Å². The zero-order valence-corrected chi connectivity index (χ0v) is 14.7. The van der Waals surface area contributed by atoms with Gasteiger partial charge in [-0.25, -0.2) is 0 Å². The highest BCUT2D eigenvalue weighted by Gasteiger charge is 2.59. The SMILES string of the molecule is CC12CC3CC(C)(C1)CC(Cc1nnc(I)s1)(C3)C2. The van der Waals surface area contributed by atoms with Crippen molar-refractivity contribution in [3.63, 3.8) is 0 Å². The van der Waals surface area contributed by atoms with E-state index in [0.717, 1.165) is 8.93 Å². The van der Waals surface area contributed by atoms with Gasteiger partial charge in [0.15, 0.2) is 3.01 Å². The molecule has 0 spiro atoms. The molecule has 2 atom stereocenters. The van der Waals surface area contributed by atoms with E-state index in [1.165, 1.54) is 50.0 Å². The van der Waals surface area contributed by atoms with Crippen LogP contribution in [0.25, 0.3) is 0 Å².